The molecule has 0 unspecified atom stereocenters. The summed E-state index contributed by atoms with van der Waals surface area (Å²) >= 11 is 5.99. The van der Waals surface area contributed by atoms with Crippen LogP contribution >= 0.6 is 11.6 Å². The summed E-state index contributed by atoms with van der Waals surface area (Å²) in [6, 6.07) is 7.50. The summed E-state index contributed by atoms with van der Waals surface area (Å²) in [5.41, 5.74) is 1.05. The third-order valence-electron chi connectivity index (χ3n) is 3.52. The lowest BCUT2D eigenvalue weighted by molar-refractivity contribution is -0.133. The van der Waals surface area contributed by atoms with Gasteiger partial charge in [-0.25, -0.2) is 4.79 Å². The van der Waals surface area contributed by atoms with Crippen LogP contribution in [0.25, 0.3) is 0 Å². The molecule has 2 rings (SSSR count). The first kappa shape index (κ1) is 12.2. The van der Waals surface area contributed by atoms with Crippen molar-refractivity contribution in [3.63, 3.8) is 0 Å². The first-order valence-corrected chi connectivity index (χ1v) is 6.12. The Morgan fingerprint density at radius 1 is 1.47 bits per heavy atom. The molecule has 0 radical (unpaired) electrons. The van der Waals surface area contributed by atoms with Crippen molar-refractivity contribution in [1.29, 1.82) is 0 Å². The second-order valence-electron chi connectivity index (χ2n) is 4.66. The van der Waals surface area contributed by atoms with E-state index in [1.54, 1.807) is 6.07 Å². The van der Waals surface area contributed by atoms with Gasteiger partial charge in [0.05, 0.1) is 0 Å². The molecule has 0 fully saturated rings. The van der Waals surface area contributed by atoms with Crippen molar-refractivity contribution in [3.05, 3.63) is 46.5 Å². The number of carboxylic acids is 1. The topological polar surface area (TPSA) is 37.3 Å². The molecule has 17 heavy (non-hydrogen) atoms. The number of aliphatic carboxylic acids is 1. The lowest BCUT2D eigenvalue weighted by Gasteiger charge is -2.34. The molecule has 0 saturated carbocycles. The van der Waals surface area contributed by atoms with E-state index in [1.165, 1.54) is 0 Å². The minimum absolute atomic E-state index is 0.422. The Hall–Kier alpha value is -1.28. The first-order valence-electron chi connectivity index (χ1n) is 5.74. The van der Waals surface area contributed by atoms with Crippen LogP contribution in [0, 0.1) is 0 Å². The van der Waals surface area contributed by atoms with Gasteiger partial charge in [0, 0.05) is 16.0 Å². The van der Waals surface area contributed by atoms with Crippen LogP contribution in [0.15, 0.2) is 35.9 Å². The molecule has 0 bridgehead atoms. The predicted octanol–water partition coefficient (Wildman–Crippen LogP) is 3.79. The molecule has 0 saturated heterocycles. The molecule has 90 valence electrons. The highest BCUT2D eigenvalue weighted by molar-refractivity contribution is 6.30. The van der Waals surface area contributed by atoms with E-state index in [0.717, 1.165) is 24.8 Å². The Labute approximate surface area is 106 Å². The zero-order valence-electron chi connectivity index (χ0n) is 9.74. The lowest BCUT2D eigenvalue weighted by atomic mass is 9.69. The molecule has 0 heterocycles. The largest absolute Gasteiger partial charge is 0.478 e. The van der Waals surface area contributed by atoms with Crippen molar-refractivity contribution in [2.45, 2.75) is 31.6 Å². The maximum absolute atomic E-state index is 11.3. The maximum Gasteiger partial charge on any atom is 0.332 e. The van der Waals surface area contributed by atoms with Crippen molar-refractivity contribution < 1.29 is 9.90 Å². The molecular weight excluding hydrogens is 236 g/mol. The van der Waals surface area contributed by atoms with Crippen LogP contribution in [-0.2, 0) is 10.2 Å². The fourth-order valence-corrected chi connectivity index (χ4v) is 2.71. The van der Waals surface area contributed by atoms with Gasteiger partial charge in [-0.2, -0.15) is 0 Å². The summed E-state index contributed by atoms with van der Waals surface area (Å²) in [7, 11) is 0. The van der Waals surface area contributed by atoms with Crippen LogP contribution in [-0.4, -0.2) is 11.1 Å². The van der Waals surface area contributed by atoms with Gasteiger partial charge < -0.3 is 5.11 Å². The van der Waals surface area contributed by atoms with Gasteiger partial charge in [0.1, 0.15) is 0 Å². The molecule has 1 aromatic carbocycles. The Balaban J connectivity index is 2.50. The van der Waals surface area contributed by atoms with Crippen molar-refractivity contribution in [2.24, 2.45) is 0 Å². The smallest absolute Gasteiger partial charge is 0.332 e. The van der Waals surface area contributed by atoms with E-state index in [9.17, 15) is 9.90 Å². The van der Waals surface area contributed by atoms with Crippen LogP contribution in [0.2, 0.25) is 5.02 Å². The van der Waals surface area contributed by atoms with Gasteiger partial charge in [-0.1, -0.05) is 36.7 Å². The summed E-state index contributed by atoms with van der Waals surface area (Å²) < 4.78 is 0. The first-order chi connectivity index (χ1) is 8.04. The quantitative estimate of drug-likeness (QED) is 0.867. The second-order valence-corrected chi connectivity index (χ2v) is 5.09. The monoisotopic (exact) mass is 250 g/mol. The van der Waals surface area contributed by atoms with Crippen LogP contribution in [0.1, 0.15) is 31.7 Å². The molecular formula is C14H15ClO2. The van der Waals surface area contributed by atoms with E-state index in [2.05, 4.69) is 0 Å². The van der Waals surface area contributed by atoms with Gasteiger partial charge in [0.2, 0.25) is 0 Å². The molecule has 1 aliphatic carbocycles. The highest BCUT2D eigenvalue weighted by Crippen LogP contribution is 2.41. The minimum atomic E-state index is -0.827. The zero-order chi connectivity index (χ0) is 12.5. The van der Waals surface area contributed by atoms with Crippen LogP contribution in [0.3, 0.4) is 0 Å². The van der Waals surface area contributed by atoms with Crippen molar-refractivity contribution >= 4 is 17.6 Å². The standard InChI is InChI=1S/C14H15ClO2/c1-14(10-5-4-6-11(15)9-10)8-3-2-7-12(14)13(16)17/h4-7,9H,2-3,8H2,1H3,(H,16,17)/t14-/m0/s1. The number of halogens is 1. The van der Waals surface area contributed by atoms with E-state index in [4.69, 9.17) is 11.6 Å². The molecule has 0 aromatic heterocycles. The third kappa shape index (κ3) is 2.22. The highest BCUT2D eigenvalue weighted by Gasteiger charge is 2.36. The summed E-state index contributed by atoms with van der Waals surface area (Å²) in [6.45, 7) is 1.98. The lowest BCUT2D eigenvalue weighted by Crippen LogP contribution is -2.31. The van der Waals surface area contributed by atoms with Gasteiger partial charge in [-0.3, -0.25) is 0 Å². The van der Waals surface area contributed by atoms with Gasteiger partial charge in [-0.05, 0) is 37.0 Å². The Morgan fingerprint density at radius 3 is 2.88 bits per heavy atom. The van der Waals surface area contributed by atoms with Gasteiger partial charge >= 0.3 is 5.97 Å². The molecule has 3 heteroatoms. The van der Waals surface area contributed by atoms with Crippen molar-refractivity contribution in [2.75, 3.05) is 0 Å². The second kappa shape index (κ2) is 4.53. The molecule has 1 aliphatic rings. The van der Waals surface area contributed by atoms with Gasteiger partial charge in [0.15, 0.2) is 0 Å². The number of benzene rings is 1. The number of allylic oxidation sites excluding steroid dienone is 1. The molecule has 0 spiro atoms. The van der Waals surface area contributed by atoms with Gasteiger partial charge in [-0.15, -0.1) is 0 Å². The van der Waals surface area contributed by atoms with Crippen molar-refractivity contribution in [1.82, 2.24) is 0 Å². The number of carboxylic acid groups (broad SMARTS) is 1. The van der Waals surface area contributed by atoms with Crippen molar-refractivity contribution in [3.8, 4) is 0 Å². The number of carbonyl (C=O) groups is 1. The maximum atomic E-state index is 11.3. The summed E-state index contributed by atoms with van der Waals surface area (Å²) in [6.07, 6.45) is 4.55. The Kier molecular flexibility index (Phi) is 3.25. The highest BCUT2D eigenvalue weighted by atomic mass is 35.5. The minimum Gasteiger partial charge on any atom is -0.478 e. The molecule has 1 N–H and O–H groups in total. The number of hydrogen-bond donors (Lipinski definition) is 1. The fraction of sp³-hybridized carbons (Fsp3) is 0.357. The van der Waals surface area contributed by atoms with E-state index in [1.807, 2.05) is 31.2 Å². The molecule has 0 aliphatic heterocycles. The average Bonchev–Trinajstić information content (AvgIpc) is 2.29. The zero-order valence-corrected chi connectivity index (χ0v) is 10.5. The molecule has 2 nitrogen and oxygen atoms in total. The fourth-order valence-electron chi connectivity index (χ4n) is 2.52. The molecule has 0 amide bonds. The predicted molar refractivity (Wildman–Crippen MR) is 68.4 cm³/mol. The third-order valence-corrected chi connectivity index (χ3v) is 3.75. The van der Waals surface area contributed by atoms with E-state index in [-0.39, 0.29) is 0 Å². The number of rotatable bonds is 2. The number of hydrogen-bond acceptors (Lipinski definition) is 1. The summed E-state index contributed by atoms with van der Waals surface area (Å²) in [5, 5.41) is 9.96. The SMILES string of the molecule is C[C@@]1(c2cccc(Cl)c2)CCCC=C1C(=O)O. The van der Waals surface area contributed by atoms with E-state index in [0.29, 0.717) is 10.6 Å². The molecule has 1 aromatic rings. The summed E-state index contributed by atoms with van der Waals surface area (Å²) in [5.74, 6) is -0.827. The van der Waals surface area contributed by atoms with E-state index >= 15 is 0 Å². The average molecular weight is 251 g/mol. The summed E-state index contributed by atoms with van der Waals surface area (Å²) in [4.78, 5) is 11.3. The molecule has 1 atom stereocenters. The van der Waals surface area contributed by atoms with Crippen LogP contribution in [0.5, 0.6) is 0 Å². The Bertz CT molecular complexity index is 479. The van der Waals surface area contributed by atoms with E-state index < -0.39 is 11.4 Å². The van der Waals surface area contributed by atoms with Crippen LogP contribution < -0.4 is 0 Å². The Morgan fingerprint density at radius 2 is 2.24 bits per heavy atom. The van der Waals surface area contributed by atoms with Gasteiger partial charge in [0.25, 0.3) is 0 Å². The van der Waals surface area contributed by atoms with Crippen LogP contribution in [0.4, 0.5) is 0 Å². The normalized spacial score (nSPS) is 24.2.